The molecule has 7 nitrogen and oxygen atoms in total. The molecule has 2 aliphatic heterocycles. The van der Waals surface area contributed by atoms with Gasteiger partial charge in [0.05, 0.1) is 13.7 Å². The van der Waals surface area contributed by atoms with Crippen LogP contribution in [0.15, 0.2) is 36.4 Å². The summed E-state index contributed by atoms with van der Waals surface area (Å²) in [6, 6.07) is 10.9. The van der Waals surface area contributed by atoms with Crippen LogP contribution in [0.3, 0.4) is 0 Å². The van der Waals surface area contributed by atoms with Crippen molar-refractivity contribution in [3.63, 3.8) is 0 Å². The van der Waals surface area contributed by atoms with Crippen molar-refractivity contribution < 1.29 is 24.2 Å². The topological polar surface area (TPSA) is 88.1 Å². The standard InChI is InChI=1S/C23H26N2O5/c1-14-11-16(3-7-20(14)29-2)23(28)25-10-9-21(19(26)13-25)30-17-5-6-18-15(12-17)4-8-22(27)24-18/h3,5-7,11-12,19,21,26H,4,8-10,13H2,1-2H3,(H,24,27)/t19-,21-/m1/s1. The number of aliphatic hydroxyl groups excluding tert-OH is 1. The third kappa shape index (κ3) is 4.11. The third-order valence-electron chi connectivity index (χ3n) is 5.71. The molecular formula is C23H26N2O5. The van der Waals surface area contributed by atoms with Gasteiger partial charge in [-0.15, -0.1) is 0 Å². The first-order valence-electron chi connectivity index (χ1n) is 10.2. The normalized spacial score (nSPS) is 20.9. The van der Waals surface area contributed by atoms with E-state index in [1.54, 1.807) is 30.2 Å². The lowest BCUT2D eigenvalue weighted by atomic mass is 10.0. The van der Waals surface area contributed by atoms with Crippen molar-refractivity contribution in [1.29, 1.82) is 0 Å². The fraction of sp³-hybridized carbons (Fsp3) is 0.391. The minimum absolute atomic E-state index is 0.0238. The summed E-state index contributed by atoms with van der Waals surface area (Å²) in [6.45, 7) is 2.62. The number of piperidine rings is 1. The minimum atomic E-state index is -0.780. The van der Waals surface area contributed by atoms with E-state index in [1.807, 2.05) is 25.1 Å². The zero-order valence-corrected chi connectivity index (χ0v) is 17.2. The predicted octanol–water partition coefficient (Wildman–Crippen LogP) is 2.54. The van der Waals surface area contributed by atoms with Gasteiger partial charge in [-0.3, -0.25) is 9.59 Å². The lowest BCUT2D eigenvalue weighted by molar-refractivity contribution is -0.116. The zero-order chi connectivity index (χ0) is 21.3. The molecule has 30 heavy (non-hydrogen) atoms. The number of β-amino-alcohol motifs (C(OH)–C–C–N with tert-alkyl or cyclic N) is 1. The van der Waals surface area contributed by atoms with Crippen LogP contribution in [0.25, 0.3) is 0 Å². The quantitative estimate of drug-likeness (QED) is 0.809. The number of rotatable bonds is 4. The number of ether oxygens (including phenoxy) is 2. The molecule has 0 aromatic heterocycles. The van der Waals surface area contributed by atoms with E-state index in [-0.39, 0.29) is 24.5 Å². The van der Waals surface area contributed by atoms with E-state index in [9.17, 15) is 14.7 Å². The van der Waals surface area contributed by atoms with Crippen molar-refractivity contribution in [3.05, 3.63) is 53.1 Å². The van der Waals surface area contributed by atoms with Gasteiger partial charge in [-0.05, 0) is 60.9 Å². The molecule has 0 bridgehead atoms. The number of carbonyl (C=O) groups is 2. The molecular weight excluding hydrogens is 384 g/mol. The second-order valence-corrected chi connectivity index (χ2v) is 7.82. The van der Waals surface area contributed by atoms with Crippen molar-refractivity contribution in [3.8, 4) is 11.5 Å². The maximum Gasteiger partial charge on any atom is 0.253 e. The number of anilines is 1. The Morgan fingerprint density at radius 1 is 1.20 bits per heavy atom. The van der Waals surface area contributed by atoms with Crippen LogP contribution < -0.4 is 14.8 Å². The van der Waals surface area contributed by atoms with Crippen molar-refractivity contribution >= 4 is 17.5 Å². The molecule has 2 N–H and O–H groups in total. The number of aliphatic hydroxyl groups is 1. The molecule has 2 aromatic carbocycles. The molecule has 1 fully saturated rings. The number of fused-ring (bicyclic) bond motifs is 1. The SMILES string of the molecule is COc1ccc(C(=O)N2CC[C@@H](Oc3ccc4c(c3)CCC(=O)N4)[C@H](O)C2)cc1C. The summed E-state index contributed by atoms with van der Waals surface area (Å²) in [5.41, 5.74) is 3.32. The Balaban J connectivity index is 1.39. The maximum atomic E-state index is 12.8. The summed E-state index contributed by atoms with van der Waals surface area (Å²) in [5.74, 6) is 1.32. The van der Waals surface area contributed by atoms with Gasteiger partial charge in [0.25, 0.3) is 5.91 Å². The largest absolute Gasteiger partial charge is 0.496 e. The number of carbonyl (C=O) groups excluding carboxylic acids is 2. The maximum absolute atomic E-state index is 12.8. The van der Waals surface area contributed by atoms with E-state index in [4.69, 9.17) is 9.47 Å². The minimum Gasteiger partial charge on any atom is -0.496 e. The van der Waals surface area contributed by atoms with Gasteiger partial charge in [-0.1, -0.05) is 0 Å². The molecule has 0 spiro atoms. The highest BCUT2D eigenvalue weighted by Crippen LogP contribution is 2.29. The van der Waals surface area contributed by atoms with Crippen molar-refractivity contribution in [2.75, 3.05) is 25.5 Å². The van der Waals surface area contributed by atoms with Gasteiger partial charge in [-0.2, -0.15) is 0 Å². The van der Waals surface area contributed by atoms with Gasteiger partial charge in [0.15, 0.2) is 0 Å². The molecule has 0 saturated carbocycles. The Morgan fingerprint density at radius 2 is 2.03 bits per heavy atom. The predicted molar refractivity (Wildman–Crippen MR) is 112 cm³/mol. The van der Waals surface area contributed by atoms with Gasteiger partial charge in [0, 0.05) is 30.6 Å². The zero-order valence-electron chi connectivity index (χ0n) is 17.2. The number of hydrogen-bond acceptors (Lipinski definition) is 5. The number of nitrogens with one attached hydrogen (secondary N) is 1. The van der Waals surface area contributed by atoms with Gasteiger partial charge in [0.2, 0.25) is 5.91 Å². The monoisotopic (exact) mass is 410 g/mol. The first-order valence-corrected chi connectivity index (χ1v) is 10.2. The Labute approximate surface area is 175 Å². The van der Waals surface area contributed by atoms with E-state index in [1.165, 1.54) is 0 Å². The fourth-order valence-corrected chi connectivity index (χ4v) is 4.03. The average molecular weight is 410 g/mol. The van der Waals surface area contributed by atoms with E-state index in [0.717, 1.165) is 22.6 Å². The number of likely N-dealkylation sites (tertiary alicyclic amines) is 1. The van der Waals surface area contributed by atoms with E-state index in [2.05, 4.69) is 5.32 Å². The lowest BCUT2D eigenvalue weighted by Crippen LogP contribution is -2.51. The molecule has 2 heterocycles. The number of hydrogen-bond donors (Lipinski definition) is 2. The molecule has 158 valence electrons. The first-order chi connectivity index (χ1) is 14.4. The Morgan fingerprint density at radius 3 is 2.77 bits per heavy atom. The van der Waals surface area contributed by atoms with Crippen LogP contribution in [0.2, 0.25) is 0 Å². The molecule has 0 radical (unpaired) electrons. The summed E-state index contributed by atoms with van der Waals surface area (Å²) < 4.78 is 11.3. The van der Waals surface area contributed by atoms with Gasteiger partial charge < -0.3 is 24.8 Å². The van der Waals surface area contributed by atoms with Crippen molar-refractivity contribution in [2.24, 2.45) is 0 Å². The van der Waals surface area contributed by atoms with Crippen LogP contribution in [0.4, 0.5) is 5.69 Å². The van der Waals surface area contributed by atoms with Crippen LogP contribution >= 0.6 is 0 Å². The molecule has 2 atom stereocenters. The van der Waals surface area contributed by atoms with Crippen LogP contribution in [-0.2, 0) is 11.2 Å². The second-order valence-electron chi connectivity index (χ2n) is 7.82. The molecule has 2 aromatic rings. The van der Waals surface area contributed by atoms with Crippen molar-refractivity contribution in [1.82, 2.24) is 4.90 Å². The van der Waals surface area contributed by atoms with E-state index >= 15 is 0 Å². The third-order valence-corrected chi connectivity index (χ3v) is 5.71. The van der Waals surface area contributed by atoms with Crippen molar-refractivity contribution in [2.45, 2.75) is 38.4 Å². The first kappa shape index (κ1) is 20.2. The molecule has 0 unspecified atom stereocenters. The van der Waals surface area contributed by atoms with Crippen LogP contribution in [0.5, 0.6) is 11.5 Å². The second kappa shape index (κ2) is 8.36. The Bertz CT molecular complexity index is 974. The lowest BCUT2D eigenvalue weighted by Gasteiger charge is -2.36. The summed E-state index contributed by atoms with van der Waals surface area (Å²) in [7, 11) is 1.60. The Hall–Kier alpha value is -3.06. The Kier molecular flexibility index (Phi) is 5.63. The number of amides is 2. The highest BCUT2D eigenvalue weighted by atomic mass is 16.5. The molecule has 1 saturated heterocycles. The highest BCUT2D eigenvalue weighted by Gasteiger charge is 2.32. The summed E-state index contributed by atoms with van der Waals surface area (Å²) in [5, 5.41) is 13.5. The number of methoxy groups -OCH3 is 1. The van der Waals surface area contributed by atoms with E-state index in [0.29, 0.717) is 37.1 Å². The fourth-order valence-electron chi connectivity index (χ4n) is 4.03. The number of benzene rings is 2. The van der Waals surface area contributed by atoms with Crippen LogP contribution in [-0.4, -0.2) is 54.2 Å². The van der Waals surface area contributed by atoms with Gasteiger partial charge in [-0.25, -0.2) is 0 Å². The highest BCUT2D eigenvalue weighted by molar-refractivity contribution is 5.95. The molecule has 2 amide bonds. The molecule has 2 aliphatic rings. The summed E-state index contributed by atoms with van der Waals surface area (Å²) >= 11 is 0. The molecule has 0 aliphatic carbocycles. The van der Waals surface area contributed by atoms with Gasteiger partial charge >= 0.3 is 0 Å². The van der Waals surface area contributed by atoms with Crippen LogP contribution in [0, 0.1) is 6.92 Å². The average Bonchev–Trinajstić information content (AvgIpc) is 2.74. The summed E-state index contributed by atoms with van der Waals surface area (Å²) in [4.78, 5) is 26.0. The number of nitrogens with zero attached hydrogens (tertiary/aromatic N) is 1. The molecule has 4 rings (SSSR count). The smallest absolute Gasteiger partial charge is 0.253 e. The number of aryl methyl sites for hydroxylation is 2. The summed E-state index contributed by atoms with van der Waals surface area (Å²) in [6.07, 6.45) is 0.510. The van der Waals surface area contributed by atoms with Gasteiger partial charge in [0.1, 0.15) is 23.7 Å². The molecule has 7 heteroatoms. The van der Waals surface area contributed by atoms with E-state index < -0.39 is 6.10 Å². The van der Waals surface area contributed by atoms with Crippen LogP contribution in [0.1, 0.15) is 34.3 Å².